The number of aromatic carboxylic acids is 1. The first kappa shape index (κ1) is 26.1. The first-order chi connectivity index (χ1) is 19.5. The maximum Gasteiger partial charge on any atom is 0.354 e. The average Bonchev–Trinajstić information content (AvgIpc) is 3.54. The molecule has 0 amide bonds. The second-order valence-corrected chi connectivity index (χ2v) is 10.5. The van der Waals surface area contributed by atoms with Crippen LogP contribution in [0.4, 0.5) is 4.39 Å². The number of fused-ring (bicyclic) bond motifs is 1. The van der Waals surface area contributed by atoms with Crippen LogP contribution in [0.15, 0.2) is 41.8 Å². The summed E-state index contributed by atoms with van der Waals surface area (Å²) in [6, 6.07) is 9.42. The lowest BCUT2D eigenvalue weighted by atomic mass is 10.1. The van der Waals surface area contributed by atoms with Gasteiger partial charge >= 0.3 is 5.97 Å². The number of hydrogen-bond donors (Lipinski definition) is 1. The van der Waals surface area contributed by atoms with Crippen molar-refractivity contribution in [2.24, 2.45) is 0 Å². The van der Waals surface area contributed by atoms with E-state index >= 15 is 0 Å². The Hall–Kier alpha value is -4.18. The molecule has 0 saturated carbocycles. The van der Waals surface area contributed by atoms with Crippen molar-refractivity contribution >= 4 is 34.0 Å². The van der Waals surface area contributed by atoms with Crippen molar-refractivity contribution in [2.75, 3.05) is 19.7 Å². The maximum absolute atomic E-state index is 14.1. The third-order valence-electron chi connectivity index (χ3n) is 7.07. The molecule has 1 saturated heterocycles. The number of aromatic nitrogens is 4. The maximum atomic E-state index is 14.1. The van der Waals surface area contributed by atoms with E-state index in [0.29, 0.717) is 41.6 Å². The van der Waals surface area contributed by atoms with Gasteiger partial charge in [-0.2, -0.15) is 5.26 Å². The van der Waals surface area contributed by atoms with Crippen molar-refractivity contribution in [2.45, 2.75) is 38.6 Å². The van der Waals surface area contributed by atoms with Crippen LogP contribution in [0, 0.1) is 17.1 Å². The highest BCUT2D eigenvalue weighted by atomic mass is 32.1. The van der Waals surface area contributed by atoms with Crippen LogP contribution in [0.3, 0.4) is 0 Å². The molecule has 0 bridgehead atoms. The minimum absolute atomic E-state index is 0.00562. The molecule has 5 heterocycles. The van der Waals surface area contributed by atoms with Gasteiger partial charge in [0.15, 0.2) is 11.3 Å². The number of carbonyl (C=O) groups is 1. The van der Waals surface area contributed by atoms with E-state index in [2.05, 4.69) is 20.9 Å². The molecular weight excluding hydrogens is 535 g/mol. The lowest BCUT2D eigenvalue weighted by molar-refractivity contribution is -0.0592. The fourth-order valence-corrected chi connectivity index (χ4v) is 5.44. The van der Waals surface area contributed by atoms with Crippen molar-refractivity contribution in [3.05, 3.63) is 75.9 Å². The van der Waals surface area contributed by atoms with E-state index < -0.39 is 11.8 Å². The molecule has 1 unspecified atom stereocenters. The Morgan fingerprint density at radius 1 is 1.27 bits per heavy atom. The summed E-state index contributed by atoms with van der Waals surface area (Å²) >= 11 is 1.36. The highest BCUT2D eigenvalue weighted by Crippen LogP contribution is 2.29. The summed E-state index contributed by atoms with van der Waals surface area (Å²) in [6.07, 6.45) is 3.97. The Bertz CT molecular complexity index is 1650. The van der Waals surface area contributed by atoms with Crippen LogP contribution >= 0.6 is 11.3 Å². The van der Waals surface area contributed by atoms with E-state index in [-0.39, 0.29) is 24.0 Å². The molecule has 0 aliphatic carbocycles. The molecule has 3 aromatic heterocycles. The van der Waals surface area contributed by atoms with E-state index in [4.69, 9.17) is 19.7 Å². The summed E-state index contributed by atoms with van der Waals surface area (Å²) in [5.41, 5.74) is 3.83. The molecule has 0 spiro atoms. The second-order valence-electron chi connectivity index (χ2n) is 9.68. The van der Waals surface area contributed by atoms with Gasteiger partial charge in [0.05, 0.1) is 36.5 Å². The number of ether oxygens (including phenoxy) is 2. The normalized spacial score (nSPS) is 17.3. The average molecular weight is 561 g/mol. The molecule has 4 aromatic rings. The van der Waals surface area contributed by atoms with Crippen LogP contribution in [-0.4, -0.2) is 61.3 Å². The predicted octanol–water partition coefficient (Wildman–Crippen LogP) is 4.25. The predicted molar refractivity (Wildman–Crippen MR) is 144 cm³/mol. The highest BCUT2D eigenvalue weighted by molar-refractivity contribution is 7.11. The standard InChI is InChI=1S/C28H25FN6O4S/c29-21-11-17(12-30)1-2-19(21)15-39-28-33-24(16-40-28)18-5-8-34(9-6-18)14-25-31-22-3-4-23(27(36)37)32-26(22)35(25)13-20-7-10-38-20/h1-5,11,16,20H,6-10,13-15H2,(H,36,37). The summed E-state index contributed by atoms with van der Waals surface area (Å²) in [6.45, 7) is 3.45. The largest absolute Gasteiger partial charge is 0.477 e. The Morgan fingerprint density at radius 2 is 2.15 bits per heavy atom. The van der Waals surface area contributed by atoms with Gasteiger partial charge < -0.3 is 19.1 Å². The smallest absolute Gasteiger partial charge is 0.354 e. The molecule has 2 aliphatic heterocycles. The Balaban J connectivity index is 1.12. The summed E-state index contributed by atoms with van der Waals surface area (Å²) in [5, 5.41) is 20.7. The van der Waals surface area contributed by atoms with Gasteiger partial charge in [-0.1, -0.05) is 23.5 Å². The number of carboxylic acid groups (broad SMARTS) is 1. The van der Waals surface area contributed by atoms with Crippen LogP contribution in [0.2, 0.25) is 0 Å². The van der Waals surface area contributed by atoms with Gasteiger partial charge in [-0.25, -0.2) is 24.1 Å². The fourth-order valence-electron chi connectivity index (χ4n) is 4.74. The van der Waals surface area contributed by atoms with Gasteiger partial charge in [-0.15, -0.1) is 0 Å². The van der Waals surface area contributed by atoms with Crippen molar-refractivity contribution in [3.8, 4) is 11.3 Å². The minimum atomic E-state index is -1.07. The zero-order chi connectivity index (χ0) is 27.6. The summed E-state index contributed by atoms with van der Waals surface area (Å²) in [4.78, 5) is 27.5. The Labute approximate surface area is 232 Å². The number of rotatable bonds is 9. The number of thiazole rings is 1. The van der Waals surface area contributed by atoms with E-state index in [1.807, 2.05) is 16.0 Å². The molecule has 12 heteroatoms. The number of carboxylic acids is 1. The van der Waals surface area contributed by atoms with E-state index in [1.54, 1.807) is 18.2 Å². The zero-order valence-electron chi connectivity index (χ0n) is 21.4. The third kappa shape index (κ3) is 5.44. The van der Waals surface area contributed by atoms with Crippen LogP contribution < -0.4 is 4.74 Å². The van der Waals surface area contributed by atoms with Crippen molar-refractivity contribution < 1.29 is 23.8 Å². The van der Waals surface area contributed by atoms with Crippen LogP contribution in [-0.2, 0) is 24.4 Å². The minimum Gasteiger partial charge on any atom is -0.477 e. The molecule has 6 rings (SSSR count). The summed E-state index contributed by atoms with van der Waals surface area (Å²) < 4.78 is 27.5. The lowest BCUT2D eigenvalue weighted by Gasteiger charge is -2.29. The highest BCUT2D eigenvalue weighted by Gasteiger charge is 2.25. The van der Waals surface area contributed by atoms with Crippen LogP contribution in [0.1, 0.15) is 46.0 Å². The number of nitrogens with zero attached hydrogens (tertiary/aromatic N) is 6. The van der Waals surface area contributed by atoms with Crippen molar-refractivity contribution in [1.82, 2.24) is 24.4 Å². The van der Waals surface area contributed by atoms with Gasteiger partial charge in [0.1, 0.15) is 23.8 Å². The molecule has 204 valence electrons. The monoisotopic (exact) mass is 560 g/mol. The fraction of sp³-hybridized carbons (Fsp3) is 0.321. The van der Waals surface area contributed by atoms with E-state index in [1.165, 1.54) is 23.5 Å². The van der Waals surface area contributed by atoms with Gasteiger partial charge in [-0.05, 0) is 42.7 Å². The van der Waals surface area contributed by atoms with Crippen LogP contribution in [0.25, 0.3) is 16.7 Å². The van der Waals surface area contributed by atoms with E-state index in [0.717, 1.165) is 43.1 Å². The molecular formula is C28H25FN6O4S. The number of imidazole rings is 1. The Morgan fingerprint density at radius 3 is 2.85 bits per heavy atom. The Kier molecular flexibility index (Phi) is 7.25. The van der Waals surface area contributed by atoms with Gasteiger partial charge in [-0.3, -0.25) is 4.90 Å². The molecule has 2 aliphatic rings. The first-order valence-corrected chi connectivity index (χ1v) is 13.7. The lowest BCUT2D eigenvalue weighted by Crippen LogP contribution is -2.33. The molecule has 0 radical (unpaired) electrons. The first-order valence-electron chi connectivity index (χ1n) is 12.9. The number of hydrogen-bond acceptors (Lipinski definition) is 9. The summed E-state index contributed by atoms with van der Waals surface area (Å²) in [5.74, 6) is -0.712. The molecule has 1 atom stereocenters. The molecule has 40 heavy (non-hydrogen) atoms. The zero-order valence-corrected chi connectivity index (χ0v) is 22.2. The number of nitriles is 1. The van der Waals surface area contributed by atoms with Gasteiger partial charge in [0, 0.05) is 30.6 Å². The van der Waals surface area contributed by atoms with Crippen molar-refractivity contribution in [3.63, 3.8) is 0 Å². The molecule has 1 aromatic carbocycles. The van der Waals surface area contributed by atoms with Crippen LogP contribution in [0.5, 0.6) is 5.19 Å². The quantitative estimate of drug-likeness (QED) is 0.320. The van der Waals surface area contributed by atoms with Gasteiger partial charge in [0.25, 0.3) is 5.19 Å². The summed E-state index contributed by atoms with van der Waals surface area (Å²) in [7, 11) is 0. The molecule has 1 N–H and O–H groups in total. The number of pyridine rings is 1. The molecule has 1 fully saturated rings. The second kappa shape index (κ2) is 11.1. The number of halogens is 1. The third-order valence-corrected chi connectivity index (χ3v) is 7.83. The van der Waals surface area contributed by atoms with E-state index in [9.17, 15) is 14.3 Å². The number of benzene rings is 1. The van der Waals surface area contributed by atoms with Crippen molar-refractivity contribution in [1.29, 1.82) is 5.26 Å². The SMILES string of the molecule is N#Cc1ccc(COc2nc(C3=CCN(Cc4nc5ccc(C(=O)O)nc5n4CC4CCO4)CC3)cs2)c(F)c1. The topological polar surface area (TPSA) is 126 Å². The molecule has 10 nitrogen and oxygen atoms in total. The van der Waals surface area contributed by atoms with Gasteiger partial charge in [0.2, 0.25) is 0 Å².